The number of carboxylic acid groups (broad SMARTS) is 1. The van der Waals surface area contributed by atoms with Gasteiger partial charge in [-0.1, -0.05) is 30.3 Å². The first-order valence-electron chi connectivity index (χ1n) is 7.18. The molecule has 1 N–H and O–H groups in total. The third-order valence-electron chi connectivity index (χ3n) is 3.96. The van der Waals surface area contributed by atoms with Crippen LogP contribution < -0.4 is 0 Å². The Hall–Kier alpha value is -1.88. The quantitative estimate of drug-likeness (QED) is 0.811. The van der Waals surface area contributed by atoms with E-state index in [4.69, 9.17) is 4.74 Å². The van der Waals surface area contributed by atoms with Gasteiger partial charge in [0.05, 0.1) is 5.92 Å². The van der Waals surface area contributed by atoms with Crippen LogP contribution in [0.25, 0.3) is 0 Å². The maximum Gasteiger partial charge on any atom is 0.308 e. The summed E-state index contributed by atoms with van der Waals surface area (Å²) in [5.74, 6) is -1.48. The molecular weight excluding hydrogens is 270 g/mol. The minimum atomic E-state index is -0.837. The summed E-state index contributed by atoms with van der Waals surface area (Å²) in [6, 6.07) is 9.57. The van der Waals surface area contributed by atoms with Gasteiger partial charge in [-0.25, -0.2) is 0 Å². The number of nitrogens with zero attached hydrogens (tertiary/aromatic N) is 1. The zero-order valence-corrected chi connectivity index (χ0v) is 12.2. The predicted octanol–water partition coefficient (Wildman–Crippen LogP) is 1.74. The van der Waals surface area contributed by atoms with Gasteiger partial charge >= 0.3 is 5.97 Å². The fourth-order valence-electron chi connectivity index (χ4n) is 2.82. The SMILES string of the molecule is COCCCC(=O)N1C[C@H](C(=O)O)[C@H](c2ccccc2)C1. The molecule has 0 saturated carbocycles. The average molecular weight is 291 g/mol. The van der Waals surface area contributed by atoms with Gasteiger partial charge in [-0.2, -0.15) is 0 Å². The van der Waals surface area contributed by atoms with Gasteiger partial charge in [0.1, 0.15) is 0 Å². The van der Waals surface area contributed by atoms with Crippen molar-refractivity contribution in [2.24, 2.45) is 5.92 Å². The van der Waals surface area contributed by atoms with E-state index in [0.717, 1.165) is 5.56 Å². The Morgan fingerprint density at radius 1 is 1.29 bits per heavy atom. The van der Waals surface area contributed by atoms with Crippen molar-refractivity contribution >= 4 is 11.9 Å². The van der Waals surface area contributed by atoms with E-state index < -0.39 is 11.9 Å². The van der Waals surface area contributed by atoms with E-state index in [1.807, 2.05) is 30.3 Å². The molecule has 21 heavy (non-hydrogen) atoms. The molecule has 5 nitrogen and oxygen atoms in total. The number of benzene rings is 1. The summed E-state index contributed by atoms with van der Waals surface area (Å²) in [6.45, 7) is 1.32. The molecule has 1 heterocycles. The Balaban J connectivity index is 2.05. The number of carbonyl (C=O) groups is 2. The molecule has 1 saturated heterocycles. The van der Waals surface area contributed by atoms with E-state index >= 15 is 0 Å². The fourth-order valence-corrected chi connectivity index (χ4v) is 2.82. The fraction of sp³-hybridized carbons (Fsp3) is 0.500. The van der Waals surface area contributed by atoms with Crippen LogP contribution >= 0.6 is 0 Å². The van der Waals surface area contributed by atoms with Crippen LogP contribution in [0.5, 0.6) is 0 Å². The lowest BCUT2D eigenvalue weighted by atomic mass is 9.89. The van der Waals surface area contributed by atoms with Gasteiger partial charge in [-0.3, -0.25) is 9.59 Å². The molecule has 5 heteroatoms. The third-order valence-corrected chi connectivity index (χ3v) is 3.96. The minimum Gasteiger partial charge on any atom is -0.481 e. The second-order valence-corrected chi connectivity index (χ2v) is 5.36. The van der Waals surface area contributed by atoms with E-state index in [9.17, 15) is 14.7 Å². The van der Waals surface area contributed by atoms with E-state index in [1.54, 1.807) is 12.0 Å². The van der Waals surface area contributed by atoms with E-state index in [1.165, 1.54) is 0 Å². The lowest BCUT2D eigenvalue weighted by Gasteiger charge is -2.16. The van der Waals surface area contributed by atoms with E-state index in [2.05, 4.69) is 0 Å². The van der Waals surface area contributed by atoms with Crippen LogP contribution in [0.4, 0.5) is 0 Å². The van der Waals surface area contributed by atoms with Gasteiger partial charge in [0.2, 0.25) is 5.91 Å². The zero-order chi connectivity index (χ0) is 15.2. The molecule has 1 aromatic rings. The highest BCUT2D eigenvalue weighted by Crippen LogP contribution is 2.33. The van der Waals surface area contributed by atoms with Crippen molar-refractivity contribution in [3.05, 3.63) is 35.9 Å². The predicted molar refractivity (Wildman–Crippen MR) is 78.0 cm³/mol. The van der Waals surface area contributed by atoms with E-state index in [-0.39, 0.29) is 11.8 Å². The number of hydrogen-bond acceptors (Lipinski definition) is 3. The highest BCUT2D eigenvalue weighted by atomic mass is 16.5. The number of likely N-dealkylation sites (tertiary alicyclic amines) is 1. The monoisotopic (exact) mass is 291 g/mol. The number of carbonyl (C=O) groups excluding carboxylic acids is 1. The normalized spacial score (nSPS) is 21.5. The van der Waals surface area contributed by atoms with Gasteiger partial charge in [0.25, 0.3) is 0 Å². The summed E-state index contributed by atoms with van der Waals surface area (Å²) >= 11 is 0. The first kappa shape index (κ1) is 15.5. The molecule has 1 fully saturated rings. The van der Waals surface area contributed by atoms with Crippen LogP contribution in [0, 0.1) is 5.92 Å². The molecule has 2 atom stereocenters. The largest absolute Gasteiger partial charge is 0.481 e. The Labute approximate surface area is 124 Å². The molecule has 0 aromatic heterocycles. The highest BCUT2D eigenvalue weighted by molar-refractivity contribution is 5.79. The molecule has 0 aliphatic carbocycles. The number of rotatable bonds is 6. The number of ether oxygens (including phenoxy) is 1. The first-order valence-corrected chi connectivity index (χ1v) is 7.18. The smallest absolute Gasteiger partial charge is 0.308 e. The van der Waals surface area contributed by atoms with Crippen LogP contribution in [-0.4, -0.2) is 48.7 Å². The summed E-state index contributed by atoms with van der Waals surface area (Å²) in [6.07, 6.45) is 1.07. The van der Waals surface area contributed by atoms with Crippen LogP contribution in [-0.2, 0) is 14.3 Å². The third kappa shape index (κ3) is 3.82. The molecule has 0 radical (unpaired) electrons. The molecule has 0 unspecified atom stereocenters. The molecule has 1 aliphatic heterocycles. The number of hydrogen-bond donors (Lipinski definition) is 1. The minimum absolute atomic E-state index is 0.0109. The van der Waals surface area contributed by atoms with Crippen LogP contribution in [0.2, 0.25) is 0 Å². The van der Waals surface area contributed by atoms with E-state index in [0.29, 0.717) is 32.5 Å². The summed E-state index contributed by atoms with van der Waals surface area (Å²) in [5.41, 5.74) is 0.983. The molecule has 2 rings (SSSR count). The van der Waals surface area contributed by atoms with Gasteiger partial charge in [-0.15, -0.1) is 0 Å². The van der Waals surface area contributed by atoms with Gasteiger partial charge < -0.3 is 14.7 Å². The maximum atomic E-state index is 12.1. The highest BCUT2D eigenvalue weighted by Gasteiger charge is 2.40. The molecule has 1 amide bonds. The Morgan fingerprint density at radius 3 is 2.62 bits per heavy atom. The van der Waals surface area contributed by atoms with Crippen molar-refractivity contribution in [2.75, 3.05) is 26.8 Å². The Morgan fingerprint density at radius 2 is 2.00 bits per heavy atom. The van der Waals surface area contributed by atoms with Crippen molar-refractivity contribution < 1.29 is 19.4 Å². The topological polar surface area (TPSA) is 66.8 Å². The average Bonchev–Trinajstić information content (AvgIpc) is 2.94. The summed E-state index contributed by atoms with van der Waals surface area (Å²) in [7, 11) is 1.60. The van der Waals surface area contributed by atoms with Crippen LogP contribution in [0.15, 0.2) is 30.3 Å². The summed E-state index contributed by atoms with van der Waals surface area (Å²) in [5, 5.41) is 9.40. The van der Waals surface area contributed by atoms with Gasteiger partial charge in [0.15, 0.2) is 0 Å². The van der Waals surface area contributed by atoms with Gasteiger partial charge in [-0.05, 0) is 12.0 Å². The van der Waals surface area contributed by atoms with Crippen molar-refractivity contribution in [3.63, 3.8) is 0 Å². The molecule has 1 aromatic carbocycles. The Kier molecular flexibility index (Phi) is 5.33. The molecular formula is C16H21NO4. The van der Waals surface area contributed by atoms with Crippen LogP contribution in [0.1, 0.15) is 24.3 Å². The summed E-state index contributed by atoms with van der Waals surface area (Å²) < 4.78 is 4.94. The standard InChI is InChI=1S/C16H21NO4/c1-21-9-5-8-15(18)17-10-13(14(11-17)16(19)20)12-6-3-2-4-7-12/h2-4,6-7,13-14H,5,8-11H2,1H3,(H,19,20)/t13-,14-/m0/s1. The second kappa shape index (κ2) is 7.22. The number of aliphatic carboxylic acids is 1. The lowest BCUT2D eigenvalue weighted by molar-refractivity contribution is -0.141. The van der Waals surface area contributed by atoms with Gasteiger partial charge in [0, 0.05) is 39.1 Å². The molecule has 1 aliphatic rings. The zero-order valence-electron chi connectivity index (χ0n) is 12.2. The maximum absolute atomic E-state index is 12.1. The number of carboxylic acids is 1. The molecule has 0 bridgehead atoms. The van der Waals surface area contributed by atoms with Crippen molar-refractivity contribution in [1.82, 2.24) is 4.90 Å². The van der Waals surface area contributed by atoms with Crippen molar-refractivity contribution in [1.29, 1.82) is 0 Å². The number of amides is 1. The second-order valence-electron chi connectivity index (χ2n) is 5.36. The molecule has 0 spiro atoms. The van der Waals surface area contributed by atoms with Crippen LogP contribution in [0.3, 0.4) is 0 Å². The summed E-state index contributed by atoms with van der Waals surface area (Å²) in [4.78, 5) is 25.3. The van der Waals surface area contributed by atoms with Crippen molar-refractivity contribution in [2.45, 2.75) is 18.8 Å². The lowest BCUT2D eigenvalue weighted by Crippen LogP contribution is -2.29. The van der Waals surface area contributed by atoms with Crippen molar-refractivity contribution in [3.8, 4) is 0 Å². The Bertz CT molecular complexity index is 488. The first-order chi connectivity index (χ1) is 10.1. The number of methoxy groups -OCH3 is 1. The molecule has 114 valence electrons.